The van der Waals surface area contributed by atoms with Gasteiger partial charge in [0, 0.05) is 22.5 Å². The van der Waals surface area contributed by atoms with E-state index in [9.17, 15) is 10.1 Å². The molecule has 22 heavy (non-hydrogen) atoms. The fourth-order valence-corrected chi connectivity index (χ4v) is 2.95. The van der Waals surface area contributed by atoms with E-state index < -0.39 is 0 Å². The van der Waals surface area contributed by atoms with Crippen LogP contribution in [-0.2, 0) is 4.74 Å². The van der Waals surface area contributed by atoms with E-state index in [1.54, 1.807) is 13.0 Å². The van der Waals surface area contributed by atoms with Crippen LogP contribution in [0.5, 0.6) is 0 Å². The van der Waals surface area contributed by atoms with Crippen molar-refractivity contribution in [2.75, 3.05) is 6.61 Å². The van der Waals surface area contributed by atoms with Gasteiger partial charge in [0.15, 0.2) is 0 Å². The van der Waals surface area contributed by atoms with E-state index in [0.29, 0.717) is 22.8 Å². The Balaban J connectivity index is 2.45. The highest BCUT2D eigenvalue weighted by Crippen LogP contribution is 2.25. The minimum Gasteiger partial charge on any atom is -0.462 e. The summed E-state index contributed by atoms with van der Waals surface area (Å²) in [5.74, 6) is -0.350. The molecule has 114 valence electrons. The number of aromatic nitrogens is 2. The van der Waals surface area contributed by atoms with E-state index >= 15 is 0 Å². The molecule has 2 heterocycles. The maximum atomic E-state index is 12.0. The third-order valence-corrected chi connectivity index (χ3v) is 4.21. The molecule has 0 aliphatic heterocycles. The lowest BCUT2D eigenvalue weighted by Gasteiger charge is -2.02. The van der Waals surface area contributed by atoms with Gasteiger partial charge in [-0.05, 0) is 39.3 Å². The number of thiazole rings is 1. The molecule has 0 saturated heterocycles. The van der Waals surface area contributed by atoms with E-state index in [2.05, 4.69) is 16.0 Å². The molecule has 0 saturated carbocycles. The number of carbonyl (C=O) groups is 1. The number of nitrogens with zero attached hydrogens (tertiary/aromatic N) is 2. The summed E-state index contributed by atoms with van der Waals surface area (Å²) in [6.07, 6.45) is 1.73. The number of nitriles is 1. The van der Waals surface area contributed by atoms with Crippen molar-refractivity contribution in [1.29, 1.82) is 5.26 Å². The number of hydrogen-bond donors (Lipinski definition) is 1. The van der Waals surface area contributed by atoms with Crippen LogP contribution < -0.4 is 0 Å². The molecule has 0 aliphatic carbocycles. The van der Waals surface area contributed by atoms with Crippen LogP contribution in [0, 0.1) is 32.1 Å². The second-order valence-corrected chi connectivity index (χ2v) is 5.71. The zero-order chi connectivity index (χ0) is 16.3. The molecule has 2 rings (SSSR count). The number of nitrogens with one attached hydrogen (secondary N) is 1. The minimum absolute atomic E-state index is 0.329. The highest BCUT2D eigenvalue weighted by atomic mass is 32.1. The van der Waals surface area contributed by atoms with E-state index in [1.165, 1.54) is 11.3 Å². The summed E-state index contributed by atoms with van der Waals surface area (Å²) < 4.78 is 5.07. The van der Waals surface area contributed by atoms with Crippen molar-refractivity contribution in [2.24, 2.45) is 0 Å². The zero-order valence-corrected chi connectivity index (χ0v) is 13.8. The second kappa shape index (κ2) is 6.58. The van der Waals surface area contributed by atoms with Crippen molar-refractivity contribution in [2.45, 2.75) is 27.7 Å². The molecule has 0 spiro atoms. The summed E-state index contributed by atoms with van der Waals surface area (Å²) in [5.41, 5.74) is 4.11. The molecule has 6 heteroatoms. The molecular weight excluding hydrogens is 298 g/mol. The number of carbonyl (C=O) groups excluding carboxylic acids is 1. The Morgan fingerprint density at radius 2 is 2.23 bits per heavy atom. The molecule has 0 fully saturated rings. The number of hydrogen-bond acceptors (Lipinski definition) is 5. The molecule has 0 radical (unpaired) electrons. The lowest BCUT2D eigenvalue weighted by molar-refractivity contribution is 0.0525. The van der Waals surface area contributed by atoms with Gasteiger partial charge in [-0.3, -0.25) is 0 Å². The molecule has 2 aromatic heterocycles. The van der Waals surface area contributed by atoms with Crippen LogP contribution in [0.2, 0.25) is 0 Å². The van der Waals surface area contributed by atoms with Gasteiger partial charge in [0.1, 0.15) is 11.1 Å². The molecule has 0 bridgehead atoms. The largest absolute Gasteiger partial charge is 0.462 e. The standard InChI is InChI=1S/C16H17N3O2S/c1-5-21-16(20)14-10(3)13(19-11(14)4)6-12(7-17)15-18-9(2)8-22-15/h6,8,19H,5H2,1-4H3. The smallest absolute Gasteiger partial charge is 0.340 e. The van der Waals surface area contributed by atoms with Crippen LogP contribution in [0.15, 0.2) is 5.38 Å². The van der Waals surface area contributed by atoms with Crippen LogP contribution in [0.25, 0.3) is 11.6 Å². The van der Waals surface area contributed by atoms with E-state index in [1.807, 2.05) is 26.2 Å². The van der Waals surface area contributed by atoms with Crippen LogP contribution in [0.3, 0.4) is 0 Å². The quantitative estimate of drug-likeness (QED) is 0.690. The average Bonchev–Trinajstić information content (AvgIpc) is 3.00. The van der Waals surface area contributed by atoms with Gasteiger partial charge < -0.3 is 9.72 Å². The Kier molecular flexibility index (Phi) is 4.78. The average molecular weight is 315 g/mol. The van der Waals surface area contributed by atoms with Crippen molar-refractivity contribution in [3.05, 3.63) is 38.6 Å². The van der Waals surface area contributed by atoms with Crippen LogP contribution in [0.1, 0.15) is 44.9 Å². The molecule has 1 N–H and O–H groups in total. The lowest BCUT2D eigenvalue weighted by Crippen LogP contribution is -2.06. The monoisotopic (exact) mass is 315 g/mol. The molecule has 0 aliphatic rings. The van der Waals surface area contributed by atoms with Crippen molar-refractivity contribution in [1.82, 2.24) is 9.97 Å². The number of aryl methyl sites for hydroxylation is 2. The molecular formula is C16H17N3O2S. The first-order valence-electron chi connectivity index (χ1n) is 6.88. The summed E-state index contributed by atoms with van der Waals surface area (Å²) >= 11 is 1.43. The summed E-state index contributed by atoms with van der Waals surface area (Å²) in [6.45, 7) is 7.64. The maximum Gasteiger partial charge on any atom is 0.340 e. The molecule has 0 unspecified atom stereocenters. The maximum absolute atomic E-state index is 12.0. The number of aromatic amines is 1. The normalized spacial score (nSPS) is 11.3. The lowest BCUT2D eigenvalue weighted by atomic mass is 10.1. The van der Waals surface area contributed by atoms with Crippen LogP contribution >= 0.6 is 11.3 Å². The van der Waals surface area contributed by atoms with Crippen molar-refractivity contribution < 1.29 is 9.53 Å². The number of H-pyrrole nitrogens is 1. The zero-order valence-electron chi connectivity index (χ0n) is 13.0. The third kappa shape index (κ3) is 3.10. The Labute approximate surface area is 133 Å². The first kappa shape index (κ1) is 16.0. The molecule has 0 aromatic carbocycles. The molecule has 5 nitrogen and oxygen atoms in total. The van der Waals surface area contributed by atoms with Crippen LogP contribution in [-0.4, -0.2) is 22.5 Å². The number of esters is 1. The predicted octanol–water partition coefficient (Wildman–Crippen LogP) is 3.64. The molecule has 0 amide bonds. The van der Waals surface area contributed by atoms with Crippen LogP contribution in [0.4, 0.5) is 0 Å². The Morgan fingerprint density at radius 1 is 1.50 bits per heavy atom. The van der Waals surface area contributed by atoms with E-state index in [0.717, 1.165) is 22.6 Å². The number of rotatable bonds is 4. The Morgan fingerprint density at radius 3 is 2.77 bits per heavy atom. The van der Waals surface area contributed by atoms with Crippen molar-refractivity contribution >= 4 is 29.0 Å². The van der Waals surface area contributed by atoms with Gasteiger partial charge in [-0.15, -0.1) is 11.3 Å². The highest BCUT2D eigenvalue weighted by molar-refractivity contribution is 7.11. The van der Waals surface area contributed by atoms with E-state index in [-0.39, 0.29) is 5.97 Å². The summed E-state index contributed by atoms with van der Waals surface area (Å²) in [5, 5.41) is 11.9. The second-order valence-electron chi connectivity index (χ2n) is 4.85. The number of ether oxygens (including phenoxy) is 1. The van der Waals surface area contributed by atoms with Gasteiger partial charge in [0.2, 0.25) is 0 Å². The third-order valence-electron chi connectivity index (χ3n) is 3.21. The van der Waals surface area contributed by atoms with Crippen molar-refractivity contribution in [3.8, 4) is 6.07 Å². The first-order chi connectivity index (χ1) is 10.5. The minimum atomic E-state index is -0.350. The summed E-state index contributed by atoms with van der Waals surface area (Å²) in [6, 6.07) is 2.16. The Bertz CT molecular complexity index is 778. The van der Waals surface area contributed by atoms with E-state index in [4.69, 9.17) is 4.74 Å². The SMILES string of the molecule is CCOC(=O)c1c(C)[nH]c(C=C(C#N)c2nc(C)cs2)c1C. The van der Waals surface area contributed by atoms with Crippen molar-refractivity contribution in [3.63, 3.8) is 0 Å². The van der Waals surface area contributed by atoms with Gasteiger partial charge in [-0.25, -0.2) is 9.78 Å². The predicted molar refractivity (Wildman–Crippen MR) is 86.6 cm³/mol. The first-order valence-corrected chi connectivity index (χ1v) is 7.76. The van der Waals surface area contributed by atoms with Gasteiger partial charge in [-0.2, -0.15) is 5.26 Å². The Hall–Kier alpha value is -2.39. The topological polar surface area (TPSA) is 78.8 Å². The molecule has 2 aromatic rings. The van der Waals surface area contributed by atoms with Gasteiger partial charge in [-0.1, -0.05) is 0 Å². The highest BCUT2D eigenvalue weighted by Gasteiger charge is 2.19. The molecule has 0 atom stereocenters. The number of allylic oxidation sites excluding steroid dienone is 1. The summed E-state index contributed by atoms with van der Waals surface area (Å²) in [7, 11) is 0. The van der Waals surface area contributed by atoms with Gasteiger partial charge in [0.25, 0.3) is 0 Å². The van der Waals surface area contributed by atoms with Gasteiger partial charge in [0.05, 0.1) is 17.7 Å². The fourth-order valence-electron chi connectivity index (χ4n) is 2.19. The fraction of sp³-hybridized carbons (Fsp3) is 0.312. The van der Waals surface area contributed by atoms with Gasteiger partial charge >= 0.3 is 5.97 Å². The summed E-state index contributed by atoms with van der Waals surface area (Å²) in [4.78, 5) is 19.5.